The number of hydrogen-bond donors (Lipinski definition) is 1. The number of halogens is 2. The first-order valence-corrected chi connectivity index (χ1v) is 9.61. The second kappa shape index (κ2) is 8.83. The zero-order valence-corrected chi connectivity index (χ0v) is 16.7. The van der Waals surface area contributed by atoms with Crippen LogP contribution in [0.4, 0.5) is 5.69 Å². The van der Waals surface area contributed by atoms with Gasteiger partial charge in [-0.15, -0.1) is 0 Å². The Balaban J connectivity index is 1.61. The molecular weight excluding hydrogens is 385 g/mol. The largest absolute Gasteiger partial charge is 0.495 e. The summed E-state index contributed by atoms with van der Waals surface area (Å²) >= 11 is 12.3. The highest BCUT2D eigenvalue weighted by molar-refractivity contribution is 6.31. The minimum Gasteiger partial charge on any atom is -0.495 e. The maximum Gasteiger partial charge on any atom is 0.239 e. The first-order valence-electron chi connectivity index (χ1n) is 8.86. The smallest absolute Gasteiger partial charge is 0.239 e. The van der Waals surface area contributed by atoms with Crippen LogP contribution < -0.4 is 15.4 Å². The summed E-state index contributed by atoms with van der Waals surface area (Å²) in [4.78, 5) is 16.7. The zero-order valence-electron chi connectivity index (χ0n) is 15.2. The first-order chi connectivity index (χ1) is 13.0. The number of piperazine rings is 1. The van der Waals surface area contributed by atoms with E-state index >= 15 is 0 Å². The Labute approximate surface area is 169 Å². The van der Waals surface area contributed by atoms with E-state index in [9.17, 15) is 4.79 Å². The van der Waals surface area contributed by atoms with E-state index in [1.54, 1.807) is 13.2 Å². The molecule has 1 fully saturated rings. The molecule has 2 aromatic carbocycles. The molecule has 0 aliphatic carbocycles. The van der Waals surface area contributed by atoms with Gasteiger partial charge >= 0.3 is 0 Å². The Morgan fingerprint density at radius 2 is 1.85 bits per heavy atom. The van der Waals surface area contributed by atoms with Crippen LogP contribution in [0.2, 0.25) is 10.0 Å². The van der Waals surface area contributed by atoms with Gasteiger partial charge in [0, 0.05) is 36.2 Å². The van der Waals surface area contributed by atoms with Gasteiger partial charge in [0.15, 0.2) is 0 Å². The molecule has 0 spiro atoms. The molecule has 1 unspecified atom stereocenters. The molecule has 1 aliphatic rings. The first kappa shape index (κ1) is 19.8. The third-order valence-electron chi connectivity index (χ3n) is 4.79. The summed E-state index contributed by atoms with van der Waals surface area (Å²) in [6.07, 6.45) is 0.431. The quantitative estimate of drug-likeness (QED) is 0.826. The van der Waals surface area contributed by atoms with Crippen LogP contribution in [0.15, 0.2) is 42.5 Å². The number of ether oxygens (including phenoxy) is 1. The fraction of sp³-hybridized carbons (Fsp3) is 0.350. The standard InChI is InChI=1S/C20H23Cl2N3O2/c1-27-19-7-6-15(21)13-18(19)24-8-10-25(11-9-24)20(26)17(23)12-14-4-2-3-5-16(14)22/h2-7,13,17H,8-12,23H2,1H3. The van der Waals surface area contributed by atoms with Crippen LogP contribution in [-0.4, -0.2) is 50.1 Å². The van der Waals surface area contributed by atoms with Crippen molar-refractivity contribution in [1.29, 1.82) is 0 Å². The maximum atomic E-state index is 12.7. The van der Waals surface area contributed by atoms with E-state index in [0.717, 1.165) is 17.0 Å². The second-order valence-corrected chi connectivity index (χ2v) is 7.37. The molecule has 0 aromatic heterocycles. The summed E-state index contributed by atoms with van der Waals surface area (Å²) in [5.74, 6) is 0.724. The minimum absolute atomic E-state index is 0.0485. The molecule has 1 amide bonds. The molecule has 7 heteroatoms. The highest BCUT2D eigenvalue weighted by Crippen LogP contribution is 2.32. The Bertz CT molecular complexity index is 808. The lowest BCUT2D eigenvalue weighted by Gasteiger charge is -2.37. The van der Waals surface area contributed by atoms with E-state index in [0.29, 0.717) is 42.6 Å². The number of anilines is 1. The average Bonchev–Trinajstić information content (AvgIpc) is 2.69. The van der Waals surface area contributed by atoms with Crippen molar-refractivity contribution in [3.05, 3.63) is 58.1 Å². The molecular formula is C20H23Cl2N3O2. The molecule has 1 aliphatic heterocycles. The number of carbonyl (C=O) groups is 1. The van der Waals surface area contributed by atoms with Crippen LogP contribution in [0.1, 0.15) is 5.56 Å². The Morgan fingerprint density at radius 3 is 2.52 bits per heavy atom. The van der Waals surface area contributed by atoms with Crippen LogP contribution in [0.5, 0.6) is 5.75 Å². The Hall–Kier alpha value is -1.95. The van der Waals surface area contributed by atoms with Crippen LogP contribution >= 0.6 is 23.2 Å². The Kier molecular flexibility index (Phi) is 6.47. The van der Waals surface area contributed by atoms with Crippen molar-refractivity contribution in [2.45, 2.75) is 12.5 Å². The van der Waals surface area contributed by atoms with Gasteiger partial charge in [0.25, 0.3) is 0 Å². The van der Waals surface area contributed by atoms with Gasteiger partial charge in [-0.1, -0.05) is 41.4 Å². The van der Waals surface area contributed by atoms with E-state index in [1.807, 2.05) is 41.3 Å². The molecule has 0 bridgehead atoms. The topological polar surface area (TPSA) is 58.8 Å². The van der Waals surface area contributed by atoms with Gasteiger partial charge in [-0.25, -0.2) is 0 Å². The molecule has 144 valence electrons. The van der Waals surface area contributed by atoms with Crippen LogP contribution in [-0.2, 0) is 11.2 Å². The van der Waals surface area contributed by atoms with Gasteiger partial charge in [-0.3, -0.25) is 4.79 Å². The molecule has 0 radical (unpaired) electrons. The number of methoxy groups -OCH3 is 1. The summed E-state index contributed by atoms with van der Waals surface area (Å²) in [6.45, 7) is 2.60. The van der Waals surface area contributed by atoms with Crippen LogP contribution in [0, 0.1) is 0 Å². The number of nitrogens with zero attached hydrogens (tertiary/aromatic N) is 2. The van der Waals surface area contributed by atoms with Crippen molar-refractivity contribution in [3.63, 3.8) is 0 Å². The zero-order chi connectivity index (χ0) is 19.4. The normalized spacial score (nSPS) is 15.6. The van der Waals surface area contributed by atoms with Crippen molar-refractivity contribution in [1.82, 2.24) is 4.90 Å². The molecule has 1 atom stereocenters. The Morgan fingerprint density at radius 1 is 1.15 bits per heavy atom. The molecule has 0 saturated carbocycles. The fourth-order valence-electron chi connectivity index (χ4n) is 3.30. The highest BCUT2D eigenvalue weighted by Gasteiger charge is 2.27. The average molecular weight is 408 g/mol. The number of nitrogens with two attached hydrogens (primary N) is 1. The number of amides is 1. The lowest BCUT2D eigenvalue weighted by Crippen LogP contribution is -2.53. The fourth-order valence-corrected chi connectivity index (χ4v) is 3.68. The van der Waals surface area contributed by atoms with Gasteiger partial charge in [-0.2, -0.15) is 0 Å². The summed E-state index contributed by atoms with van der Waals surface area (Å²) in [7, 11) is 1.64. The van der Waals surface area contributed by atoms with Crippen molar-refractivity contribution < 1.29 is 9.53 Å². The number of carbonyl (C=O) groups excluding carboxylic acids is 1. The van der Waals surface area contributed by atoms with E-state index in [4.69, 9.17) is 33.7 Å². The summed E-state index contributed by atoms with van der Waals surface area (Å²) < 4.78 is 5.43. The number of hydrogen-bond acceptors (Lipinski definition) is 4. The van der Waals surface area contributed by atoms with E-state index in [2.05, 4.69) is 4.90 Å². The van der Waals surface area contributed by atoms with Gasteiger partial charge in [0.2, 0.25) is 5.91 Å². The third kappa shape index (κ3) is 4.67. The van der Waals surface area contributed by atoms with E-state index in [1.165, 1.54) is 0 Å². The predicted molar refractivity (Wildman–Crippen MR) is 110 cm³/mol. The molecule has 1 saturated heterocycles. The molecule has 27 heavy (non-hydrogen) atoms. The molecule has 2 aromatic rings. The second-order valence-electron chi connectivity index (χ2n) is 6.53. The molecule has 3 rings (SSSR count). The maximum absolute atomic E-state index is 12.7. The van der Waals surface area contributed by atoms with Gasteiger partial charge in [-0.05, 0) is 36.2 Å². The lowest BCUT2D eigenvalue weighted by molar-refractivity contribution is -0.132. The minimum atomic E-state index is -0.600. The van der Waals surface area contributed by atoms with Crippen molar-refractivity contribution in [3.8, 4) is 5.75 Å². The lowest BCUT2D eigenvalue weighted by atomic mass is 10.0. The van der Waals surface area contributed by atoms with Gasteiger partial charge in [0.1, 0.15) is 5.75 Å². The third-order valence-corrected chi connectivity index (χ3v) is 5.39. The summed E-state index contributed by atoms with van der Waals surface area (Å²) in [5, 5.41) is 1.30. The van der Waals surface area contributed by atoms with Crippen molar-refractivity contribution >= 4 is 34.8 Å². The van der Waals surface area contributed by atoms with Gasteiger partial charge < -0.3 is 20.3 Å². The van der Waals surface area contributed by atoms with E-state index in [-0.39, 0.29) is 5.91 Å². The van der Waals surface area contributed by atoms with Crippen LogP contribution in [0.3, 0.4) is 0 Å². The predicted octanol–water partition coefficient (Wildman–Crippen LogP) is 3.22. The molecule has 2 N–H and O–H groups in total. The summed E-state index contributed by atoms with van der Waals surface area (Å²) in [6, 6.07) is 12.4. The molecule has 1 heterocycles. The monoisotopic (exact) mass is 407 g/mol. The number of benzene rings is 2. The van der Waals surface area contributed by atoms with E-state index < -0.39 is 6.04 Å². The molecule has 5 nitrogen and oxygen atoms in total. The highest BCUT2D eigenvalue weighted by atomic mass is 35.5. The van der Waals surface area contributed by atoms with Gasteiger partial charge in [0.05, 0.1) is 18.8 Å². The van der Waals surface area contributed by atoms with Crippen molar-refractivity contribution in [2.75, 3.05) is 38.2 Å². The van der Waals surface area contributed by atoms with Crippen molar-refractivity contribution in [2.24, 2.45) is 5.73 Å². The number of rotatable bonds is 5. The summed E-state index contributed by atoms with van der Waals surface area (Å²) in [5.41, 5.74) is 7.99. The SMILES string of the molecule is COc1ccc(Cl)cc1N1CCN(C(=O)C(N)Cc2ccccc2Cl)CC1. The van der Waals surface area contributed by atoms with Crippen LogP contribution in [0.25, 0.3) is 0 Å².